The van der Waals surface area contributed by atoms with E-state index in [0.717, 1.165) is 30.3 Å². The fourth-order valence-corrected chi connectivity index (χ4v) is 2.75. The highest BCUT2D eigenvalue weighted by molar-refractivity contribution is 7.99. The average Bonchev–Trinajstić information content (AvgIpc) is 2.83. The predicted molar refractivity (Wildman–Crippen MR) is 69.0 cm³/mol. The Balaban J connectivity index is 1.60. The number of rotatable bonds is 5. The molecule has 1 amide bonds. The van der Waals surface area contributed by atoms with Gasteiger partial charge in [-0.15, -0.1) is 0 Å². The Labute approximate surface area is 105 Å². The van der Waals surface area contributed by atoms with Crippen molar-refractivity contribution in [3.63, 3.8) is 0 Å². The number of thioether (sulfide) groups is 1. The molecule has 0 saturated carbocycles. The number of carbonyl (C=O) groups is 1. The second kappa shape index (κ2) is 6.66. The Hall–Kier alpha value is -1.01. The summed E-state index contributed by atoms with van der Waals surface area (Å²) in [7, 11) is 0. The van der Waals surface area contributed by atoms with Crippen LogP contribution in [-0.4, -0.2) is 46.5 Å². The van der Waals surface area contributed by atoms with Gasteiger partial charge in [0.25, 0.3) is 0 Å². The number of carbonyl (C=O) groups excluding carboxylic acids is 1. The standard InChI is InChI=1S/C11H18N4OS/c16-11(7-9-8-17-6-5-12-9)15-2-1-10-13-3-4-14-10/h3-4,9,12H,1-2,5-8H2,(H,13,14)(H,15,16). The Morgan fingerprint density at radius 3 is 3.29 bits per heavy atom. The van der Waals surface area contributed by atoms with Gasteiger partial charge in [0.2, 0.25) is 5.91 Å². The van der Waals surface area contributed by atoms with E-state index in [1.54, 1.807) is 12.4 Å². The minimum atomic E-state index is 0.122. The summed E-state index contributed by atoms with van der Waals surface area (Å²) in [5.41, 5.74) is 0. The molecule has 17 heavy (non-hydrogen) atoms. The smallest absolute Gasteiger partial charge is 0.221 e. The summed E-state index contributed by atoms with van der Waals surface area (Å²) in [4.78, 5) is 18.8. The van der Waals surface area contributed by atoms with E-state index in [4.69, 9.17) is 0 Å². The van der Waals surface area contributed by atoms with Crippen molar-refractivity contribution >= 4 is 17.7 Å². The lowest BCUT2D eigenvalue weighted by molar-refractivity contribution is -0.121. The highest BCUT2D eigenvalue weighted by Gasteiger charge is 2.16. The molecule has 0 spiro atoms. The molecule has 0 bridgehead atoms. The van der Waals surface area contributed by atoms with E-state index in [1.807, 2.05) is 11.8 Å². The molecule has 2 heterocycles. The molecule has 2 rings (SSSR count). The molecule has 0 radical (unpaired) electrons. The molecule has 1 aliphatic heterocycles. The van der Waals surface area contributed by atoms with Gasteiger partial charge < -0.3 is 15.6 Å². The lowest BCUT2D eigenvalue weighted by atomic mass is 10.2. The molecule has 3 N–H and O–H groups in total. The molecule has 5 nitrogen and oxygen atoms in total. The lowest BCUT2D eigenvalue weighted by Gasteiger charge is -2.22. The number of nitrogens with one attached hydrogen (secondary N) is 3. The minimum absolute atomic E-state index is 0.122. The van der Waals surface area contributed by atoms with Crippen molar-refractivity contribution in [2.45, 2.75) is 18.9 Å². The maximum absolute atomic E-state index is 11.6. The van der Waals surface area contributed by atoms with E-state index in [1.165, 1.54) is 0 Å². The van der Waals surface area contributed by atoms with Gasteiger partial charge in [0.15, 0.2) is 0 Å². The zero-order valence-electron chi connectivity index (χ0n) is 9.74. The zero-order chi connectivity index (χ0) is 11.9. The van der Waals surface area contributed by atoms with Crippen LogP contribution in [0, 0.1) is 0 Å². The first-order valence-electron chi connectivity index (χ1n) is 5.90. The molecule has 1 aromatic heterocycles. The van der Waals surface area contributed by atoms with E-state index < -0.39 is 0 Å². The third-order valence-corrected chi connectivity index (χ3v) is 3.80. The fraction of sp³-hybridized carbons (Fsp3) is 0.636. The molecule has 6 heteroatoms. The van der Waals surface area contributed by atoms with Gasteiger partial charge in [-0.05, 0) is 0 Å². The molecule has 1 unspecified atom stereocenters. The summed E-state index contributed by atoms with van der Waals surface area (Å²) >= 11 is 1.91. The molecule has 1 aliphatic rings. The highest BCUT2D eigenvalue weighted by Crippen LogP contribution is 2.09. The lowest BCUT2D eigenvalue weighted by Crippen LogP contribution is -2.41. The fourth-order valence-electron chi connectivity index (χ4n) is 1.80. The highest BCUT2D eigenvalue weighted by atomic mass is 32.2. The number of hydrogen-bond donors (Lipinski definition) is 3. The topological polar surface area (TPSA) is 69.8 Å². The Morgan fingerprint density at radius 1 is 1.65 bits per heavy atom. The van der Waals surface area contributed by atoms with Crippen LogP contribution in [0.25, 0.3) is 0 Å². The molecular weight excluding hydrogens is 236 g/mol. The summed E-state index contributed by atoms with van der Waals surface area (Å²) in [6.07, 6.45) is 4.84. The summed E-state index contributed by atoms with van der Waals surface area (Å²) in [5, 5.41) is 6.27. The maximum Gasteiger partial charge on any atom is 0.221 e. The summed E-state index contributed by atoms with van der Waals surface area (Å²) in [6.45, 7) is 1.65. The first kappa shape index (κ1) is 12.4. The quantitative estimate of drug-likeness (QED) is 0.700. The molecule has 0 aromatic carbocycles. The van der Waals surface area contributed by atoms with Crippen LogP contribution in [0.1, 0.15) is 12.2 Å². The van der Waals surface area contributed by atoms with Crippen molar-refractivity contribution in [1.82, 2.24) is 20.6 Å². The van der Waals surface area contributed by atoms with Gasteiger partial charge in [-0.3, -0.25) is 4.79 Å². The third kappa shape index (κ3) is 4.40. The predicted octanol–water partition coefficient (Wildman–Crippen LogP) is 0.163. The van der Waals surface area contributed by atoms with Crippen molar-refractivity contribution in [1.29, 1.82) is 0 Å². The molecule has 1 atom stereocenters. The van der Waals surface area contributed by atoms with Gasteiger partial charge in [0.1, 0.15) is 5.82 Å². The van der Waals surface area contributed by atoms with Crippen LogP contribution in [0.15, 0.2) is 12.4 Å². The Bertz CT molecular complexity index is 335. The van der Waals surface area contributed by atoms with Gasteiger partial charge in [0, 0.05) is 55.9 Å². The van der Waals surface area contributed by atoms with E-state index in [9.17, 15) is 4.79 Å². The largest absolute Gasteiger partial charge is 0.356 e. The molecule has 0 aliphatic carbocycles. The van der Waals surface area contributed by atoms with Crippen molar-refractivity contribution in [2.24, 2.45) is 0 Å². The molecular formula is C11H18N4OS. The van der Waals surface area contributed by atoms with E-state index in [2.05, 4.69) is 20.6 Å². The van der Waals surface area contributed by atoms with Crippen LogP contribution in [0.2, 0.25) is 0 Å². The number of aromatic amines is 1. The SMILES string of the molecule is O=C(CC1CSCCN1)NCCc1ncc[nH]1. The van der Waals surface area contributed by atoms with Crippen LogP contribution >= 0.6 is 11.8 Å². The van der Waals surface area contributed by atoms with Gasteiger partial charge in [-0.1, -0.05) is 0 Å². The summed E-state index contributed by atoms with van der Waals surface area (Å²) in [5.74, 6) is 3.22. The van der Waals surface area contributed by atoms with Gasteiger partial charge in [-0.25, -0.2) is 4.98 Å². The summed E-state index contributed by atoms with van der Waals surface area (Å²) in [6, 6.07) is 0.331. The molecule has 1 aromatic rings. The van der Waals surface area contributed by atoms with E-state index >= 15 is 0 Å². The van der Waals surface area contributed by atoms with Crippen molar-refractivity contribution < 1.29 is 4.79 Å². The normalized spacial score (nSPS) is 20.1. The van der Waals surface area contributed by atoms with Crippen LogP contribution in [0.4, 0.5) is 0 Å². The van der Waals surface area contributed by atoms with Gasteiger partial charge in [-0.2, -0.15) is 11.8 Å². The first-order chi connectivity index (χ1) is 8.34. The van der Waals surface area contributed by atoms with Crippen LogP contribution in [0.5, 0.6) is 0 Å². The second-order valence-electron chi connectivity index (χ2n) is 4.07. The van der Waals surface area contributed by atoms with E-state index in [-0.39, 0.29) is 5.91 Å². The van der Waals surface area contributed by atoms with Crippen molar-refractivity contribution in [3.8, 4) is 0 Å². The van der Waals surface area contributed by atoms with Crippen molar-refractivity contribution in [2.75, 3.05) is 24.6 Å². The summed E-state index contributed by atoms with van der Waals surface area (Å²) < 4.78 is 0. The van der Waals surface area contributed by atoms with Gasteiger partial charge in [0.05, 0.1) is 0 Å². The number of H-pyrrole nitrogens is 1. The second-order valence-corrected chi connectivity index (χ2v) is 5.22. The first-order valence-corrected chi connectivity index (χ1v) is 7.06. The zero-order valence-corrected chi connectivity index (χ0v) is 10.6. The number of amides is 1. The van der Waals surface area contributed by atoms with Crippen LogP contribution in [0.3, 0.4) is 0 Å². The van der Waals surface area contributed by atoms with Crippen LogP contribution < -0.4 is 10.6 Å². The van der Waals surface area contributed by atoms with Crippen molar-refractivity contribution in [3.05, 3.63) is 18.2 Å². The van der Waals surface area contributed by atoms with Crippen LogP contribution in [-0.2, 0) is 11.2 Å². The van der Waals surface area contributed by atoms with E-state index in [0.29, 0.717) is 19.0 Å². The minimum Gasteiger partial charge on any atom is -0.356 e. The Morgan fingerprint density at radius 2 is 2.59 bits per heavy atom. The number of hydrogen-bond acceptors (Lipinski definition) is 4. The Kier molecular flexibility index (Phi) is 4.88. The maximum atomic E-state index is 11.6. The molecule has 94 valence electrons. The monoisotopic (exact) mass is 254 g/mol. The molecule has 1 saturated heterocycles. The third-order valence-electron chi connectivity index (χ3n) is 2.67. The number of nitrogens with zero attached hydrogens (tertiary/aromatic N) is 1. The number of aromatic nitrogens is 2. The number of imidazole rings is 1. The van der Waals surface area contributed by atoms with Gasteiger partial charge >= 0.3 is 0 Å². The average molecular weight is 254 g/mol. The molecule has 1 fully saturated rings.